The smallest absolute Gasteiger partial charge is 0.168 e. The van der Waals surface area contributed by atoms with Crippen LogP contribution in [0.15, 0.2) is 40.9 Å². The number of carbonyl (C=O) groups is 1. The molecule has 0 aliphatic carbocycles. The minimum absolute atomic E-state index is 0.0680. The molecule has 0 heterocycles. The number of rotatable bonds is 3. The van der Waals surface area contributed by atoms with Crippen molar-refractivity contribution >= 4 is 21.7 Å². The van der Waals surface area contributed by atoms with E-state index in [1.807, 2.05) is 13.0 Å². The third-order valence-electron chi connectivity index (χ3n) is 2.80. The van der Waals surface area contributed by atoms with Crippen LogP contribution in [-0.4, -0.2) is 5.78 Å². The molecule has 0 fully saturated rings. The van der Waals surface area contributed by atoms with Crippen LogP contribution in [0.25, 0.3) is 0 Å². The molecule has 0 atom stereocenters. The second-order valence-corrected chi connectivity index (χ2v) is 5.15. The standard InChI is InChI=1S/C15H11BrF2O/c1-9-5-6-12(16)11(7-9)14(19)8-10-3-2-4-13(17)15(10)18/h2-7H,8H2,1H3. The topological polar surface area (TPSA) is 17.1 Å². The SMILES string of the molecule is Cc1ccc(Br)c(C(=O)Cc2cccc(F)c2F)c1. The number of ketones is 1. The lowest BCUT2D eigenvalue weighted by Crippen LogP contribution is -2.07. The lowest BCUT2D eigenvalue weighted by Gasteiger charge is -2.06. The first-order valence-electron chi connectivity index (χ1n) is 5.71. The van der Waals surface area contributed by atoms with E-state index in [1.165, 1.54) is 12.1 Å². The third-order valence-corrected chi connectivity index (χ3v) is 3.50. The number of aryl methyl sites for hydroxylation is 1. The van der Waals surface area contributed by atoms with Crippen LogP contribution in [0.5, 0.6) is 0 Å². The van der Waals surface area contributed by atoms with E-state index in [1.54, 1.807) is 12.1 Å². The Kier molecular flexibility index (Phi) is 4.10. The molecule has 0 unspecified atom stereocenters. The summed E-state index contributed by atoms with van der Waals surface area (Å²) in [5.41, 5.74) is 1.48. The zero-order valence-corrected chi connectivity index (χ0v) is 11.8. The molecule has 0 saturated heterocycles. The van der Waals surface area contributed by atoms with E-state index in [0.29, 0.717) is 10.0 Å². The summed E-state index contributed by atoms with van der Waals surface area (Å²) in [7, 11) is 0. The van der Waals surface area contributed by atoms with Crippen molar-refractivity contribution in [3.63, 3.8) is 0 Å². The zero-order chi connectivity index (χ0) is 14.0. The Bertz CT molecular complexity index is 638. The van der Waals surface area contributed by atoms with Gasteiger partial charge in [-0.2, -0.15) is 0 Å². The van der Waals surface area contributed by atoms with Gasteiger partial charge in [0.15, 0.2) is 17.4 Å². The fraction of sp³-hybridized carbons (Fsp3) is 0.133. The molecule has 1 nitrogen and oxygen atoms in total. The van der Waals surface area contributed by atoms with E-state index in [2.05, 4.69) is 15.9 Å². The molecule has 0 saturated carbocycles. The van der Waals surface area contributed by atoms with E-state index < -0.39 is 11.6 Å². The summed E-state index contributed by atoms with van der Waals surface area (Å²) in [6, 6.07) is 9.20. The molecule has 0 aliphatic heterocycles. The minimum atomic E-state index is -0.959. The summed E-state index contributed by atoms with van der Waals surface area (Å²) >= 11 is 3.29. The summed E-state index contributed by atoms with van der Waals surface area (Å²) in [5.74, 6) is -2.15. The number of hydrogen-bond acceptors (Lipinski definition) is 1. The van der Waals surface area contributed by atoms with E-state index in [-0.39, 0.29) is 17.8 Å². The molecule has 2 aromatic carbocycles. The maximum Gasteiger partial charge on any atom is 0.168 e. The number of benzene rings is 2. The monoisotopic (exact) mass is 324 g/mol. The summed E-state index contributed by atoms with van der Waals surface area (Å²) in [6.45, 7) is 1.87. The Morgan fingerprint density at radius 2 is 1.95 bits per heavy atom. The van der Waals surface area contributed by atoms with Crippen LogP contribution in [0.3, 0.4) is 0 Å². The Balaban J connectivity index is 2.31. The van der Waals surface area contributed by atoms with Gasteiger partial charge >= 0.3 is 0 Å². The highest BCUT2D eigenvalue weighted by molar-refractivity contribution is 9.10. The average molecular weight is 325 g/mol. The number of Topliss-reactive ketones (excluding diaryl/α,β-unsaturated/α-hetero) is 1. The van der Waals surface area contributed by atoms with E-state index in [0.717, 1.165) is 11.6 Å². The lowest BCUT2D eigenvalue weighted by atomic mass is 10.0. The van der Waals surface area contributed by atoms with Crippen LogP contribution in [0.1, 0.15) is 21.5 Å². The van der Waals surface area contributed by atoms with Gasteiger partial charge in [-0.3, -0.25) is 4.79 Å². The molecule has 0 bridgehead atoms. The summed E-state index contributed by atoms with van der Waals surface area (Å²) in [4.78, 5) is 12.1. The largest absolute Gasteiger partial charge is 0.294 e. The Hall–Kier alpha value is -1.55. The molecule has 0 radical (unpaired) electrons. The number of carbonyl (C=O) groups excluding carboxylic acids is 1. The van der Waals surface area contributed by atoms with Gasteiger partial charge in [0.25, 0.3) is 0 Å². The van der Waals surface area contributed by atoms with E-state index in [4.69, 9.17) is 0 Å². The first-order valence-corrected chi connectivity index (χ1v) is 6.50. The van der Waals surface area contributed by atoms with Crippen LogP contribution < -0.4 is 0 Å². The average Bonchev–Trinajstić information content (AvgIpc) is 2.38. The highest BCUT2D eigenvalue weighted by atomic mass is 79.9. The molecule has 98 valence electrons. The van der Waals surface area contributed by atoms with Crippen molar-refractivity contribution in [1.29, 1.82) is 0 Å². The van der Waals surface area contributed by atoms with Gasteiger partial charge in [0, 0.05) is 16.5 Å². The first kappa shape index (κ1) is 13.9. The summed E-state index contributed by atoms with van der Waals surface area (Å²) in [6.07, 6.45) is -0.161. The predicted octanol–water partition coefficient (Wildman–Crippen LogP) is 4.46. The van der Waals surface area contributed by atoms with Gasteiger partial charge in [-0.25, -0.2) is 8.78 Å². The molecule has 19 heavy (non-hydrogen) atoms. The van der Waals surface area contributed by atoms with Crippen molar-refractivity contribution in [2.45, 2.75) is 13.3 Å². The highest BCUT2D eigenvalue weighted by Gasteiger charge is 2.15. The number of hydrogen-bond donors (Lipinski definition) is 0. The van der Waals surface area contributed by atoms with E-state index >= 15 is 0 Å². The molecule has 0 aliphatic rings. The quantitative estimate of drug-likeness (QED) is 0.762. The fourth-order valence-electron chi connectivity index (χ4n) is 1.81. The van der Waals surface area contributed by atoms with Crippen LogP contribution in [-0.2, 0) is 6.42 Å². The Morgan fingerprint density at radius 3 is 2.68 bits per heavy atom. The summed E-state index contributed by atoms with van der Waals surface area (Å²) < 4.78 is 27.3. The zero-order valence-electron chi connectivity index (χ0n) is 10.2. The van der Waals surface area contributed by atoms with Crippen LogP contribution in [0, 0.1) is 18.6 Å². The second-order valence-electron chi connectivity index (χ2n) is 4.30. The van der Waals surface area contributed by atoms with Crippen LogP contribution in [0.2, 0.25) is 0 Å². The normalized spacial score (nSPS) is 10.5. The molecular formula is C15H11BrF2O. The predicted molar refractivity (Wildman–Crippen MR) is 73.3 cm³/mol. The maximum absolute atomic E-state index is 13.5. The highest BCUT2D eigenvalue weighted by Crippen LogP contribution is 2.21. The maximum atomic E-state index is 13.5. The van der Waals surface area contributed by atoms with Crippen molar-refractivity contribution in [3.05, 3.63) is 69.2 Å². The van der Waals surface area contributed by atoms with Crippen molar-refractivity contribution in [2.24, 2.45) is 0 Å². The number of halogens is 3. The van der Waals surface area contributed by atoms with Crippen LogP contribution >= 0.6 is 15.9 Å². The second kappa shape index (κ2) is 5.61. The van der Waals surface area contributed by atoms with Crippen molar-refractivity contribution in [2.75, 3.05) is 0 Å². The molecule has 0 amide bonds. The molecule has 2 rings (SSSR count). The molecule has 0 spiro atoms. The van der Waals surface area contributed by atoms with Gasteiger partial charge < -0.3 is 0 Å². The minimum Gasteiger partial charge on any atom is -0.294 e. The summed E-state index contributed by atoms with van der Waals surface area (Å²) in [5, 5.41) is 0. The lowest BCUT2D eigenvalue weighted by molar-refractivity contribution is 0.0991. The third kappa shape index (κ3) is 3.07. The van der Waals surface area contributed by atoms with Crippen molar-refractivity contribution in [3.8, 4) is 0 Å². The molecule has 0 aromatic heterocycles. The molecular weight excluding hydrogens is 314 g/mol. The Labute approximate surface area is 118 Å². The van der Waals surface area contributed by atoms with Gasteiger partial charge in [0.2, 0.25) is 0 Å². The van der Waals surface area contributed by atoms with Crippen molar-refractivity contribution in [1.82, 2.24) is 0 Å². The Morgan fingerprint density at radius 1 is 1.21 bits per heavy atom. The fourth-order valence-corrected chi connectivity index (χ4v) is 2.27. The molecule has 0 N–H and O–H groups in total. The van der Waals surface area contributed by atoms with Crippen LogP contribution in [0.4, 0.5) is 8.78 Å². The van der Waals surface area contributed by atoms with Gasteiger partial charge in [-0.1, -0.05) is 39.7 Å². The van der Waals surface area contributed by atoms with E-state index in [9.17, 15) is 13.6 Å². The first-order chi connectivity index (χ1) is 8.99. The molecule has 4 heteroatoms. The van der Waals surface area contributed by atoms with Gasteiger partial charge in [-0.15, -0.1) is 0 Å². The van der Waals surface area contributed by atoms with Gasteiger partial charge in [-0.05, 0) is 30.7 Å². The molecule has 2 aromatic rings. The van der Waals surface area contributed by atoms with Gasteiger partial charge in [0.05, 0.1) is 0 Å². The van der Waals surface area contributed by atoms with Gasteiger partial charge in [0.1, 0.15) is 0 Å². The van der Waals surface area contributed by atoms with Crippen molar-refractivity contribution < 1.29 is 13.6 Å².